The van der Waals surface area contributed by atoms with Crippen LogP contribution in [0.4, 0.5) is 10.1 Å². The Kier molecular flexibility index (Phi) is 3.59. The first kappa shape index (κ1) is 12.6. The van der Waals surface area contributed by atoms with Crippen molar-refractivity contribution in [2.45, 2.75) is 32.9 Å². The molecule has 0 unspecified atom stereocenters. The van der Waals surface area contributed by atoms with Crippen molar-refractivity contribution in [3.8, 4) is 0 Å². The highest BCUT2D eigenvalue weighted by molar-refractivity contribution is 5.36. The van der Waals surface area contributed by atoms with E-state index in [1.54, 1.807) is 6.07 Å². The van der Waals surface area contributed by atoms with E-state index in [1.165, 1.54) is 6.07 Å². The van der Waals surface area contributed by atoms with Gasteiger partial charge < -0.3 is 5.32 Å². The maximum atomic E-state index is 13.6. The molecule has 4 nitrogen and oxygen atoms in total. The maximum absolute atomic E-state index is 13.6. The average molecular weight is 226 g/mol. The van der Waals surface area contributed by atoms with Gasteiger partial charge in [-0.15, -0.1) is 0 Å². The Morgan fingerprint density at radius 1 is 1.44 bits per heavy atom. The summed E-state index contributed by atoms with van der Waals surface area (Å²) in [6.07, 6.45) is 0. The third kappa shape index (κ3) is 3.27. The molecule has 0 aliphatic heterocycles. The van der Waals surface area contributed by atoms with Gasteiger partial charge in [0.15, 0.2) is 0 Å². The summed E-state index contributed by atoms with van der Waals surface area (Å²) >= 11 is 0. The largest absolute Gasteiger partial charge is 0.308 e. The molecule has 88 valence electrons. The lowest BCUT2D eigenvalue weighted by Crippen LogP contribution is -2.35. The second kappa shape index (κ2) is 4.57. The first-order valence-electron chi connectivity index (χ1n) is 4.98. The molecule has 0 bridgehead atoms. The molecule has 0 heterocycles. The second-order valence-corrected chi connectivity index (χ2v) is 4.61. The lowest BCUT2D eigenvalue weighted by Gasteiger charge is -2.20. The van der Waals surface area contributed by atoms with Gasteiger partial charge in [-0.3, -0.25) is 10.1 Å². The normalized spacial score (nSPS) is 11.5. The Labute approximate surface area is 93.6 Å². The number of rotatable bonds is 3. The van der Waals surface area contributed by atoms with Crippen LogP contribution < -0.4 is 5.32 Å². The summed E-state index contributed by atoms with van der Waals surface area (Å²) in [6, 6.07) is 4.19. The number of nitro groups is 1. The molecule has 0 radical (unpaired) electrons. The zero-order valence-electron chi connectivity index (χ0n) is 9.58. The van der Waals surface area contributed by atoms with Crippen LogP contribution in [-0.4, -0.2) is 10.5 Å². The first-order valence-corrected chi connectivity index (χ1v) is 4.98. The zero-order valence-corrected chi connectivity index (χ0v) is 9.58. The van der Waals surface area contributed by atoms with Crippen LogP contribution in [0.3, 0.4) is 0 Å². The van der Waals surface area contributed by atoms with Gasteiger partial charge in [-0.05, 0) is 20.8 Å². The van der Waals surface area contributed by atoms with Crippen LogP contribution in [0, 0.1) is 15.9 Å². The highest BCUT2D eigenvalue weighted by Gasteiger charge is 2.18. The topological polar surface area (TPSA) is 55.2 Å². The molecular weight excluding hydrogens is 211 g/mol. The van der Waals surface area contributed by atoms with Gasteiger partial charge in [-0.1, -0.05) is 12.1 Å². The van der Waals surface area contributed by atoms with Crippen LogP contribution in [0.2, 0.25) is 0 Å². The van der Waals surface area contributed by atoms with E-state index in [1.807, 2.05) is 20.8 Å². The fourth-order valence-corrected chi connectivity index (χ4v) is 1.20. The van der Waals surface area contributed by atoms with E-state index in [4.69, 9.17) is 0 Å². The third-order valence-corrected chi connectivity index (χ3v) is 2.06. The van der Waals surface area contributed by atoms with E-state index in [0.717, 1.165) is 6.07 Å². The number of nitrogens with one attached hydrogen (secondary N) is 1. The van der Waals surface area contributed by atoms with Crippen molar-refractivity contribution in [3.05, 3.63) is 39.7 Å². The predicted molar refractivity (Wildman–Crippen MR) is 59.6 cm³/mol. The fraction of sp³-hybridized carbons (Fsp3) is 0.455. The molecule has 16 heavy (non-hydrogen) atoms. The third-order valence-electron chi connectivity index (χ3n) is 2.06. The molecule has 0 aromatic heterocycles. The van der Waals surface area contributed by atoms with Crippen LogP contribution in [0.1, 0.15) is 26.3 Å². The van der Waals surface area contributed by atoms with Crippen molar-refractivity contribution in [2.75, 3.05) is 0 Å². The molecule has 0 aliphatic carbocycles. The summed E-state index contributed by atoms with van der Waals surface area (Å²) in [5, 5.41) is 13.6. The zero-order chi connectivity index (χ0) is 12.3. The van der Waals surface area contributed by atoms with E-state index in [-0.39, 0.29) is 12.1 Å². The predicted octanol–water partition coefficient (Wildman–Crippen LogP) is 2.62. The lowest BCUT2D eigenvalue weighted by atomic mass is 10.1. The molecule has 5 heteroatoms. The molecule has 1 N–H and O–H groups in total. The minimum atomic E-state index is -0.760. The number of hydrogen-bond donors (Lipinski definition) is 1. The van der Waals surface area contributed by atoms with Crippen molar-refractivity contribution >= 4 is 5.69 Å². The smallest absolute Gasteiger partial charge is 0.305 e. The Balaban J connectivity index is 2.90. The number of halogens is 1. The van der Waals surface area contributed by atoms with E-state index in [2.05, 4.69) is 5.32 Å². The monoisotopic (exact) mass is 226 g/mol. The van der Waals surface area contributed by atoms with Gasteiger partial charge in [0, 0.05) is 23.7 Å². The van der Waals surface area contributed by atoms with Crippen molar-refractivity contribution < 1.29 is 9.31 Å². The standard InChI is InChI=1S/C11H15FN2O2/c1-11(2,3)13-7-8-5-4-6-9(10(8)12)14(15)16/h4-6,13H,7H2,1-3H3. The summed E-state index contributed by atoms with van der Waals surface area (Å²) in [5.41, 5.74) is -0.325. The SMILES string of the molecule is CC(C)(C)NCc1cccc([N+](=O)[O-])c1F. The minimum Gasteiger partial charge on any atom is -0.308 e. The van der Waals surface area contributed by atoms with Crippen molar-refractivity contribution in [1.82, 2.24) is 5.32 Å². The van der Waals surface area contributed by atoms with Crippen LogP contribution >= 0.6 is 0 Å². The first-order chi connectivity index (χ1) is 7.31. The summed E-state index contributed by atoms with van der Waals surface area (Å²) < 4.78 is 13.6. The molecule has 1 aromatic rings. The molecule has 0 aliphatic rings. The van der Waals surface area contributed by atoms with Crippen molar-refractivity contribution in [3.63, 3.8) is 0 Å². The second-order valence-electron chi connectivity index (χ2n) is 4.61. The highest BCUT2D eigenvalue weighted by Crippen LogP contribution is 2.20. The Hall–Kier alpha value is -1.49. The number of nitrogens with zero attached hydrogens (tertiary/aromatic N) is 1. The van der Waals surface area contributed by atoms with Gasteiger partial charge in [0.2, 0.25) is 5.82 Å². The van der Waals surface area contributed by atoms with Crippen LogP contribution in [0.15, 0.2) is 18.2 Å². The molecular formula is C11H15FN2O2. The summed E-state index contributed by atoms with van der Waals surface area (Å²) in [4.78, 5) is 9.81. The molecule has 1 aromatic carbocycles. The summed E-state index contributed by atoms with van der Waals surface area (Å²) in [6.45, 7) is 6.11. The van der Waals surface area contributed by atoms with Crippen molar-refractivity contribution in [1.29, 1.82) is 0 Å². The molecule has 0 spiro atoms. The van der Waals surface area contributed by atoms with Gasteiger partial charge in [-0.25, -0.2) is 0 Å². The molecule has 0 saturated carbocycles. The van der Waals surface area contributed by atoms with Gasteiger partial charge in [0.05, 0.1) is 4.92 Å². The molecule has 0 saturated heterocycles. The molecule has 0 fully saturated rings. The molecule has 1 rings (SSSR count). The molecule has 0 amide bonds. The Morgan fingerprint density at radius 3 is 2.56 bits per heavy atom. The van der Waals surface area contributed by atoms with Gasteiger partial charge in [0.1, 0.15) is 0 Å². The van der Waals surface area contributed by atoms with Crippen LogP contribution in [0.25, 0.3) is 0 Å². The lowest BCUT2D eigenvalue weighted by molar-refractivity contribution is -0.387. The maximum Gasteiger partial charge on any atom is 0.305 e. The summed E-state index contributed by atoms with van der Waals surface area (Å²) in [7, 11) is 0. The quantitative estimate of drug-likeness (QED) is 0.636. The van der Waals surface area contributed by atoms with Crippen LogP contribution in [-0.2, 0) is 6.54 Å². The van der Waals surface area contributed by atoms with Gasteiger partial charge >= 0.3 is 5.69 Å². The van der Waals surface area contributed by atoms with Crippen molar-refractivity contribution in [2.24, 2.45) is 0 Å². The van der Waals surface area contributed by atoms with E-state index >= 15 is 0 Å². The Bertz CT molecular complexity index is 399. The van der Waals surface area contributed by atoms with Gasteiger partial charge in [0.25, 0.3) is 0 Å². The van der Waals surface area contributed by atoms with Crippen LogP contribution in [0.5, 0.6) is 0 Å². The highest BCUT2D eigenvalue weighted by atomic mass is 19.1. The summed E-state index contributed by atoms with van der Waals surface area (Å²) in [5.74, 6) is -0.760. The number of benzene rings is 1. The van der Waals surface area contributed by atoms with E-state index in [0.29, 0.717) is 5.56 Å². The molecule has 0 atom stereocenters. The van der Waals surface area contributed by atoms with Gasteiger partial charge in [-0.2, -0.15) is 4.39 Å². The fourth-order valence-electron chi connectivity index (χ4n) is 1.20. The van der Waals surface area contributed by atoms with E-state index < -0.39 is 16.4 Å². The Morgan fingerprint density at radius 2 is 2.06 bits per heavy atom. The number of hydrogen-bond acceptors (Lipinski definition) is 3. The number of nitro benzene ring substituents is 1. The van der Waals surface area contributed by atoms with E-state index in [9.17, 15) is 14.5 Å². The minimum absolute atomic E-state index is 0.156. The average Bonchev–Trinajstić information content (AvgIpc) is 2.14.